The van der Waals surface area contributed by atoms with Gasteiger partial charge in [0.1, 0.15) is 5.69 Å². The molecule has 0 atom stereocenters. The molecule has 122 valence electrons. The number of hydrogen-bond acceptors (Lipinski definition) is 3. The fraction of sp³-hybridized carbons (Fsp3) is 0.118. The summed E-state index contributed by atoms with van der Waals surface area (Å²) in [5.74, 6) is 0. The summed E-state index contributed by atoms with van der Waals surface area (Å²) in [6.07, 6.45) is 0. The van der Waals surface area contributed by atoms with Gasteiger partial charge in [-0.05, 0) is 56.3 Å². The van der Waals surface area contributed by atoms with Crippen LogP contribution < -0.4 is 0 Å². The largest absolute Gasteiger partial charge is 0.236 e. The molecule has 0 amide bonds. The summed E-state index contributed by atoms with van der Waals surface area (Å²) in [6.45, 7) is 3.87. The lowest BCUT2D eigenvalue weighted by Gasteiger charge is -2.04. The standard InChI is InChI=1S/C17H13BrCl2N4/c1-10-17(22-21-13-5-8-15(19)16(20)9-13)11(2)24(23-10)14-6-3-12(18)4-7-14/h3-9H,1-2H3. The molecule has 0 radical (unpaired) electrons. The molecule has 0 aliphatic carbocycles. The number of aryl methyl sites for hydroxylation is 1. The van der Waals surface area contributed by atoms with E-state index >= 15 is 0 Å². The third-order valence-electron chi connectivity index (χ3n) is 3.49. The summed E-state index contributed by atoms with van der Waals surface area (Å²) in [5, 5.41) is 14.1. The molecule has 4 nitrogen and oxygen atoms in total. The number of aromatic nitrogens is 2. The second-order valence-corrected chi connectivity index (χ2v) is 6.94. The van der Waals surface area contributed by atoms with Gasteiger partial charge in [0.15, 0.2) is 0 Å². The molecule has 2 aromatic carbocycles. The highest BCUT2D eigenvalue weighted by molar-refractivity contribution is 9.10. The summed E-state index contributed by atoms with van der Waals surface area (Å²) in [7, 11) is 0. The highest BCUT2D eigenvalue weighted by Crippen LogP contribution is 2.30. The molecule has 0 aliphatic heterocycles. The molecule has 0 saturated carbocycles. The molecule has 0 spiro atoms. The molecule has 1 aromatic heterocycles. The first kappa shape index (κ1) is 17.1. The summed E-state index contributed by atoms with van der Waals surface area (Å²) >= 11 is 15.3. The fourth-order valence-corrected chi connectivity index (χ4v) is 2.82. The smallest absolute Gasteiger partial charge is 0.130 e. The van der Waals surface area contributed by atoms with Gasteiger partial charge in [0, 0.05) is 4.47 Å². The quantitative estimate of drug-likeness (QED) is 0.419. The SMILES string of the molecule is Cc1nn(-c2ccc(Br)cc2)c(C)c1N=Nc1ccc(Cl)c(Cl)c1. The summed E-state index contributed by atoms with van der Waals surface area (Å²) in [5.41, 5.74) is 4.07. The Morgan fingerprint density at radius 2 is 1.67 bits per heavy atom. The van der Waals surface area contributed by atoms with Crippen molar-refractivity contribution in [3.8, 4) is 5.69 Å². The van der Waals surface area contributed by atoms with Gasteiger partial charge in [-0.1, -0.05) is 39.1 Å². The van der Waals surface area contributed by atoms with Crippen molar-refractivity contribution in [2.24, 2.45) is 10.2 Å². The summed E-state index contributed by atoms with van der Waals surface area (Å²) in [4.78, 5) is 0. The van der Waals surface area contributed by atoms with Gasteiger partial charge >= 0.3 is 0 Å². The first-order valence-electron chi connectivity index (χ1n) is 7.14. The van der Waals surface area contributed by atoms with Crippen LogP contribution in [-0.4, -0.2) is 9.78 Å². The van der Waals surface area contributed by atoms with Crippen LogP contribution >= 0.6 is 39.1 Å². The third-order valence-corrected chi connectivity index (χ3v) is 4.76. The van der Waals surface area contributed by atoms with Crippen molar-refractivity contribution in [1.82, 2.24) is 9.78 Å². The van der Waals surface area contributed by atoms with Crippen molar-refractivity contribution < 1.29 is 0 Å². The molecule has 0 saturated heterocycles. The zero-order valence-electron chi connectivity index (χ0n) is 13.0. The van der Waals surface area contributed by atoms with E-state index in [1.54, 1.807) is 18.2 Å². The molecule has 3 aromatic rings. The third kappa shape index (κ3) is 3.53. The van der Waals surface area contributed by atoms with E-state index in [1.165, 1.54) is 0 Å². The second kappa shape index (κ2) is 7.05. The van der Waals surface area contributed by atoms with Crippen LogP contribution in [-0.2, 0) is 0 Å². The van der Waals surface area contributed by atoms with Gasteiger partial charge in [-0.15, -0.1) is 5.11 Å². The van der Waals surface area contributed by atoms with Crippen LogP contribution in [0.1, 0.15) is 11.4 Å². The lowest BCUT2D eigenvalue weighted by Crippen LogP contribution is -1.98. The second-order valence-electron chi connectivity index (χ2n) is 5.21. The van der Waals surface area contributed by atoms with Gasteiger partial charge < -0.3 is 0 Å². The highest BCUT2D eigenvalue weighted by Gasteiger charge is 2.12. The molecule has 24 heavy (non-hydrogen) atoms. The predicted molar refractivity (Wildman–Crippen MR) is 101 cm³/mol. The average molecular weight is 424 g/mol. The van der Waals surface area contributed by atoms with Crippen molar-refractivity contribution >= 4 is 50.5 Å². The minimum absolute atomic E-state index is 0.451. The Balaban J connectivity index is 1.95. The normalized spacial score (nSPS) is 11.4. The van der Waals surface area contributed by atoms with Crippen LogP contribution in [0.3, 0.4) is 0 Å². The van der Waals surface area contributed by atoms with Crippen molar-refractivity contribution in [3.05, 3.63) is 68.4 Å². The molecule has 7 heteroatoms. The number of nitrogens with zero attached hydrogens (tertiary/aromatic N) is 4. The van der Waals surface area contributed by atoms with Gasteiger partial charge in [-0.25, -0.2) is 4.68 Å². The van der Waals surface area contributed by atoms with E-state index in [-0.39, 0.29) is 0 Å². The van der Waals surface area contributed by atoms with E-state index < -0.39 is 0 Å². The molecule has 1 heterocycles. The zero-order chi connectivity index (χ0) is 17.3. The maximum absolute atomic E-state index is 6.00. The molecule has 0 fully saturated rings. The predicted octanol–water partition coefficient (Wildman–Crippen LogP) is 6.97. The lowest BCUT2D eigenvalue weighted by molar-refractivity contribution is 0.833. The van der Waals surface area contributed by atoms with Gasteiger partial charge in [0.2, 0.25) is 0 Å². The van der Waals surface area contributed by atoms with Crippen LogP contribution in [0.15, 0.2) is 57.2 Å². The first-order valence-corrected chi connectivity index (χ1v) is 8.69. The van der Waals surface area contributed by atoms with Crippen LogP contribution in [0.5, 0.6) is 0 Å². The Kier molecular flexibility index (Phi) is 5.04. The molecule has 0 N–H and O–H groups in total. The maximum Gasteiger partial charge on any atom is 0.130 e. The zero-order valence-corrected chi connectivity index (χ0v) is 16.1. The average Bonchev–Trinajstić information content (AvgIpc) is 2.84. The Hall–Kier alpha value is -1.69. The molecule has 0 unspecified atom stereocenters. The Bertz CT molecular complexity index is 917. The molecular weight excluding hydrogens is 411 g/mol. The van der Waals surface area contributed by atoms with E-state index in [2.05, 4.69) is 31.3 Å². The van der Waals surface area contributed by atoms with E-state index in [4.69, 9.17) is 23.2 Å². The van der Waals surface area contributed by atoms with Crippen molar-refractivity contribution in [1.29, 1.82) is 0 Å². The number of azo groups is 1. The van der Waals surface area contributed by atoms with Crippen LogP contribution in [0.25, 0.3) is 5.69 Å². The number of halogens is 3. The minimum atomic E-state index is 0.451. The van der Waals surface area contributed by atoms with Gasteiger partial charge in [0.25, 0.3) is 0 Å². The first-order chi connectivity index (χ1) is 11.5. The van der Waals surface area contributed by atoms with Crippen LogP contribution in [0, 0.1) is 13.8 Å². The van der Waals surface area contributed by atoms with Crippen molar-refractivity contribution in [3.63, 3.8) is 0 Å². The lowest BCUT2D eigenvalue weighted by atomic mass is 10.3. The molecule has 0 aliphatic rings. The van der Waals surface area contributed by atoms with E-state index in [0.29, 0.717) is 15.7 Å². The maximum atomic E-state index is 6.00. The van der Waals surface area contributed by atoms with Crippen molar-refractivity contribution in [2.45, 2.75) is 13.8 Å². The van der Waals surface area contributed by atoms with E-state index in [1.807, 2.05) is 42.8 Å². The monoisotopic (exact) mass is 422 g/mol. The topological polar surface area (TPSA) is 42.5 Å². The number of hydrogen-bond donors (Lipinski definition) is 0. The Labute approximate surface area is 158 Å². The minimum Gasteiger partial charge on any atom is -0.236 e. The van der Waals surface area contributed by atoms with Crippen LogP contribution in [0.4, 0.5) is 11.4 Å². The molecular formula is C17H13BrCl2N4. The van der Waals surface area contributed by atoms with Gasteiger partial charge in [-0.2, -0.15) is 10.2 Å². The number of benzene rings is 2. The Morgan fingerprint density at radius 1 is 0.958 bits per heavy atom. The van der Waals surface area contributed by atoms with E-state index in [9.17, 15) is 0 Å². The summed E-state index contributed by atoms with van der Waals surface area (Å²) in [6, 6.07) is 13.1. The van der Waals surface area contributed by atoms with Gasteiger partial charge in [0.05, 0.1) is 32.8 Å². The molecule has 3 rings (SSSR count). The Morgan fingerprint density at radius 3 is 2.33 bits per heavy atom. The van der Waals surface area contributed by atoms with E-state index in [0.717, 1.165) is 27.2 Å². The summed E-state index contributed by atoms with van der Waals surface area (Å²) < 4.78 is 2.87. The highest BCUT2D eigenvalue weighted by atomic mass is 79.9. The fourth-order valence-electron chi connectivity index (χ4n) is 2.27. The van der Waals surface area contributed by atoms with Crippen molar-refractivity contribution in [2.75, 3.05) is 0 Å². The van der Waals surface area contributed by atoms with Crippen LogP contribution in [0.2, 0.25) is 10.0 Å². The van der Waals surface area contributed by atoms with Gasteiger partial charge in [-0.3, -0.25) is 0 Å². The number of rotatable bonds is 3. The molecule has 0 bridgehead atoms.